The van der Waals surface area contributed by atoms with E-state index in [-0.39, 0.29) is 11.5 Å². The summed E-state index contributed by atoms with van der Waals surface area (Å²) in [5.74, 6) is -0.0624. The number of amides is 1. The Morgan fingerprint density at radius 1 is 1.25 bits per heavy atom. The minimum absolute atomic E-state index is 0.0624. The third kappa shape index (κ3) is 3.51. The zero-order valence-corrected chi connectivity index (χ0v) is 13.6. The van der Waals surface area contributed by atoms with Gasteiger partial charge in [-0.1, -0.05) is 0 Å². The highest BCUT2D eigenvalue weighted by Gasteiger charge is 2.09. The number of carbonyl (C=O) groups excluding carboxylic acids is 1. The first kappa shape index (κ1) is 15.9. The molecule has 0 radical (unpaired) electrons. The molecular formula is C17H18N4O3. The van der Waals surface area contributed by atoms with Crippen LogP contribution in [0.1, 0.15) is 24.0 Å². The van der Waals surface area contributed by atoms with Crippen LogP contribution in [0, 0.1) is 13.8 Å². The highest BCUT2D eigenvalue weighted by molar-refractivity contribution is 5.95. The summed E-state index contributed by atoms with van der Waals surface area (Å²) >= 11 is 0. The van der Waals surface area contributed by atoms with Crippen molar-refractivity contribution in [3.63, 3.8) is 0 Å². The summed E-state index contributed by atoms with van der Waals surface area (Å²) in [5, 5.41) is 7.74. The van der Waals surface area contributed by atoms with Crippen molar-refractivity contribution >= 4 is 22.6 Å². The minimum Gasteiger partial charge on any atom is -0.423 e. The van der Waals surface area contributed by atoms with Crippen LogP contribution in [-0.2, 0) is 11.3 Å². The molecule has 1 aromatic carbocycles. The van der Waals surface area contributed by atoms with Crippen LogP contribution in [-0.4, -0.2) is 20.7 Å². The Hall–Kier alpha value is -2.96. The maximum atomic E-state index is 12.1. The van der Waals surface area contributed by atoms with E-state index in [9.17, 15) is 9.59 Å². The lowest BCUT2D eigenvalue weighted by molar-refractivity contribution is -0.116. The van der Waals surface area contributed by atoms with Crippen molar-refractivity contribution in [2.75, 3.05) is 5.32 Å². The molecule has 0 aliphatic rings. The molecule has 7 nitrogen and oxygen atoms in total. The fourth-order valence-corrected chi connectivity index (χ4v) is 2.56. The van der Waals surface area contributed by atoms with Crippen molar-refractivity contribution in [2.45, 2.75) is 33.2 Å². The average Bonchev–Trinajstić information content (AvgIpc) is 3.02. The van der Waals surface area contributed by atoms with Gasteiger partial charge in [-0.3, -0.25) is 9.48 Å². The van der Waals surface area contributed by atoms with E-state index < -0.39 is 0 Å². The molecule has 3 aromatic rings. The van der Waals surface area contributed by atoms with Gasteiger partial charge in [0.2, 0.25) is 5.91 Å². The van der Waals surface area contributed by atoms with E-state index in [2.05, 4.69) is 15.4 Å². The van der Waals surface area contributed by atoms with Crippen molar-refractivity contribution in [3.05, 3.63) is 52.4 Å². The van der Waals surface area contributed by atoms with Crippen LogP contribution >= 0.6 is 0 Å². The molecule has 124 valence electrons. The van der Waals surface area contributed by atoms with E-state index >= 15 is 0 Å². The first-order chi connectivity index (χ1) is 11.5. The molecule has 0 aliphatic heterocycles. The summed E-state index contributed by atoms with van der Waals surface area (Å²) in [6.45, 7) is 4.36. The van der Waals surface area contributed by atoms with E-state index in [1.54, 1.807) is 17.1 Å². The van der Waals surface area contributed by atoms with Crippen LogP contribution in [0.2, 0.25) is 0 Å². The van der Waals surface area contributed by atoms with Gasteiger partial charge in [-0.25, -0.2) is 9.78 Å². The average molecular weight is 326 g/mol. The number of fused-ring (bicyclic) bond motifs is 1. The van der Waals surface area contributed by atoms with Crippen molar-refractivity contribution < 1.29 is 9.21 Å². The predicted molar refractivity (Wildman–Crippen MR) is 89.8 cm³/mol. The van der Waals surface area contributed by atoms with Gasteiger partial charge >= 0.3 is 5.63 Å². The summed E-state index contributed by atoms with van der Waals surface area (Å²) in [5.41, 5.74) is 2.56. The fraction of sp³-hybridized carbons (Fsp3) is 0.294. The third-order valence-electron chi connectivity index (χ3n) is 3.83. The highest BCUT2D eigenvalue weighted by Crippen LogP contribution is 2.25. The number of benzene rings is 1. The molecular weight excluding hydrogens is 308 g/mol. The van der Waals surface area contributed by atoms with Gasteiger partial charge in [-0.05, 0) is 43.5 Å². The first-order valence-corrected chi connectivity index (χ1v) is 7.70. The van der Waals surface area contributed by atoms with Gasteiger partial charge in [0.15, 0.2) is 0 Å². The molecule has 7 heteroatoms. The normalized spacial score (nSPS) is 10.9. The van der Waals surface area contributed by atoms with Gasteiger partial charge in [0, 0.05) is 30.1 Å². The number of aromatic nitrogens is 3. The maximum absolute atomic E-state index is 12.1. The number of hydrogen-bond donors (Lipinski definition) is 1. The molecule has 0 spiro atoms. The molecule has 2 heterocycles. The Morgan fingerprint density at radius 3 is 2.83 bits per heavy atom. The van der Waals surface area contributed by atoms with Gasteiger partial charge in [0.05, 0.1) is 0 Å². The van der Waals surface area contributed by atoms with E-state index in [0.29, 0.717) is 25.0 Å². The molecule has 0 aliphatic carbocycles. The van der Waals surface area contributed by atoms with Crippen molar-refractivity contribution in [3.8, 4) is 0 Å². The largest absolute Gasteiger partial charge is 0.423 e. The molecule has 3 rings (SSSR count). The maximum Gasteiger partial charge on any atom is 0.336 e. The molecule has 0 saturated heterocycles. The van der Waals surface area contributed by atoms with Gasteiger partial charge in [-0.15, -0.1) is 0 Å². The fourth-order valence-electron chi connectivity index (χ4n) is 2.56. The summed E-state index contributed by atoms with van der Waals surface area (Å²) in [7, 11) is 0. The topological polar surface area (TPSA) is 90.0 Å². The van der Waals surface area contributed by atoms with Crippen LogP contribution in [0.25, 0.3) is 11.0 Å². The van der Waals surface area contributed by atoms with Gasteiger partial charge in [0.25, 0.3) is 0 Å². The van der Waals surface area contributed by atoms with Crippen molar-refractivity contribution in [1.29, 1.82) is 0 Å². The SMILES string of the molecule is Cc1cc2oc(=O)cc(C)c2cc1NC(=O)CCCn1cncn1. The zero-order valence-electron chi connectivity index (χ0n) is 13.6. The zero-order chi connectivity index (χ0) is 17.1. The Morgan fingerprint density at radius 2 is 2.08 bits per heavy atom. The van der Waals surface area contributed by atoms with Crippen LogP contribution in [0.3, 0.4) is 0 Å². The number of anilines is 1. The van der Waals surface area contributed by atoms with Crippen LogP contribution in [0.4, 0.5) is 5.69 Å². The third-order valence-corrected chi connectivity index (χ3v) is 3.83. The van der Waals surface area contributed by atoms with Gasteiger partial charge < -0.3 is 9.73 Å². The smallest absolute Gasteiger partial charge is 0.336 e. The molecule has 0 bridgehead atoms. The monoisotopic (exact) mass is 326 g/mol. The first-order valence-electron chi connectivity index (χ1n) is 7.70. The molecule has 2 aromatic heterocycles. The molecule has 0 atom stereocenters. The standard InChI is InChI=1S/C17H18N4O3/c1-11-7-17(23)24-15-6-12(2)14(8-13(11)15)20-16(22)4-3-5-21-10-18-9-19-21/h6-10H,3-5H2,1-2H3,(H,20,22). The van der Waals surface area contributed by atoms with E-state index in [4.69, 9.17) is 4.42 Å². The lowest BCUT2D eigenvalue weighted by atomic mass is 10.1. The summed E-state index contributed by atoms with van der Waals surface area (Å²) in [6.07, 6.45) is 4.16. The molecule has 0 fully saturated rings. The number of rotatable bonds is 5. The summed E-state index contributed by atoms with van der Waals surface area (Å²) in [6, 6.07) is 5.06. The van der Waals surface area contributed by atoms with E-state index in [1.165, 1.54) is 12.4 Å². The Balaban J connectivity index is 1.71. The minimum atomic E-state index is -0.371. The second-order valence-corrected chi connectivity index (χ2v) is 5.72. The van der Waals surface area contributed by atoms with Crippen molar-refractivity contribution in [1.82, 2.24) is 14.8 Å². The van der Waals surface area contributed by atoms with Crippen molar-refractivity contribution in [2.24, 2.45) is 0 Å². The van der Waals surface area contributed by atoms with Gasteiger partial charge in [-0.2, -0.15) is 5.10 Å². The number of nitrogens with one attached hydrogen (secondary N) is 1. The van der Waals surface area contributed by atoms with Crippen LogP contribution in [0.5, 0.6) is 0 Å². The molecule has 1 N–H and O–H groups in total. The molecule has 0 unspecified atom stereocenters. The number of aryl methyl sites for hydroxylation is 3. The molecule has 24 heavy (non-hydrogen) atoms. The number of carbonyl (C=O) groups is 1. The second-order valence-electron chi connectivity index (χ2n) is 5.72. The lowest BCUT2D eigenvalue weighted by Crippen LogP contribution is -2.13. The molecule has 0 saturated carbocycles. The van der Waals surface area contributed by atoms with E-state index in [0.717, 1.165) is 22.2 Å². The predicted octanol–water partition coefficient (Wildman–Crippen LogP) is 2.42. The second kappa shape index (κ2) is 6.66. The quantitative estimate of drug-likeness (QED) is 0.727. The highest BCUT2D eigenvalue weighted by atomic mass is 16.4. The van der Waals surface area contributed by atoms with Crippen LogP contribution in [0.15, 0.2) is 40.1 Å². The van der Waals surface area contributed by atoms with E-state index in [1.807, 2.05) is 19.9 Å². The van der Waals surface area contributed by atoms with Gasteiger partial charge in [0.1, 0.15) is 18.2 Å². The summed E-state index contributed by atoms with van der Waals surface area (Å²) in [4.78, 5) is 27.4. The Kier molecular flexibility index (Phi) is 4.41. The number of nitrogens with zero attached hydrogens (tertiary/aromatic N) is 3. The Labute approximate surface area is 138 Å². The van der Waals surface area contributed by atoms with Crippen LogP contribution < -0.4 is 10.9 Å². The summed E-state index contributed by atoms with van der Waals surface area (Å²) < 4.78 is 6.90. The molecule has 1 amide bonds. The lowest BCUT2D eigenvalue weighted by Gasteiger charge is -2.10. The Bertz CT molecular complexity index is 929. The number of hydrogen-bond acceptors (Lipinski definition) is 5.